The number of aliphatic hydroxyl groups excluding tert-OH is 2. The lowest BCUT2D eigenvalue weighted by atomic mass is 10.1. The normalized spacial score (nSPS) is 27.9. The van der Waals surface area contributed by atoms with Gasteiger partial charge in [0.15, 0.2) is 0 Å². The van der Waals surface area contributed by atoms with Gasteiger partial charge in [0.1, 0.15) is 0 Å². The second-order valence-electron chi connectivity index (χ2n) is 4.17. The Morgan fingerprint density at radius 1 is 1.47 bits per heavy atom. The van der Waals surface area contributed by atoms with E-state index >= 15 is 0 Å². The van der Waals surface area contributed by atoms with Gasteiger partial charge in [0.2, 0.25) is 0 Å². The standard InChI is InChI=1S/C10H19NO4/c12-8(4-10(14)15)6-11-5-7-2-1-3-9(7)13/h7-9,11-13H,1-6H2,(H,14,15). The molecule has 5 nitrogen and oxygen atoms in total. The van der Waals surface area contributed by atoms with Gasteiger partial charge in [-0.2, -0.15) is 0 Å². The van der Waals surface area contributed by atoms with E-state index in [4.69, 9.17) is 5.11 Å². The fourth-order valence-corrected chi connectivity index (χ4v) is 1.96. The van der Waals surface area contributed by atoms with Crippen LogP contribution in [0.1, 0.15) is 25.7 Å². The maximum atomic E-state index is 10.3. The zero-order valence-electron chi connectivity index (χ0n) is 8.72. The van der Waals surface area contributed by atoms with Gasteiger partial charge in [0, 0.05) is 13.1 Å². The third-order valence-electron chi connectivity index (χ3n) is 2.82. The maximum absolute atomic E-state index is 10.3. The van der Waals surface area contributed by atoms with E-state index in [1.807, 2.05) is 0 Å². The van der Waals surface area contributed by atoms with Gasteiger partial charge in [-0.1, -0.05) is 6.42 Å². The highest BCUT2D eigenvalue weighted by molar-refractivity contribution is 5.67. The van der Waals surface area contributed by atoms with Crippen molar-refractivity contribution in [3.05, 3.63) is 0 Å². The van der Waals surface area contributed by atoms with Crippen molar-refractivity contribution in [2.45, 2.75) is 37.9 Å². The summed E-state index contributed by atoms with van der Waals surface area (Å²) in [5, 5.41) is 30.2. The maximum Gasteiger partial charge on any atom is 0.306 e. The molecule has 0 heterocycles. The van der Waals surface area contributed by atoms with Crippen LogP contribution in [0, 0.1) is 5.92 Å². The summed E-state index contributed by atoms with van der Waals surface area (Å²) in [5.41, 5.74) is 0. The first-order valence-corrected chi connectivity index (χ1v) is 5.38. The van der Waals surface area contributed by atoms with Crippen LogP contribution >= 0.6 is 0 Å². The number of rotatable bonds is 6. The molecular weight excluding hydrogens is 198 g/mol. The van der Waals surface area contributed by atoms with Gasteiger partial charge in [-0.05, 0) is 18.8 Å². The molecule has 3 unspecified atom stereocenters. The molecule has 5 heteroatoms. The highest BCUT2D eigenvalue weighted by Gasteiger charge is 2.24. The third-order valence-corrected chi connectivity index (χ3v) is 2.82. The number of aliphatic carboxylic acids is 1. The van der Waals surface area contributed by atoms with E-state index in [9.17, 15) is 15.0 Å². The molecule has 0 bridgehead atoms. The summed E-state index contributed by atoms with van der Waals surface area (Å²) in [6.07, 6.45) is 1.58. The number of aliphatic hydroxyl groups is 2. The van der Waals surface area contributed by atoms with E-state index in [1.54, 1.807) is 0 Å². The number of carbonyl (C=O) groups is 1. The summed E-state index contributed by atoms with van der Waals surface area (Å²) in [4.78, 5) is 10.3. The fourth-order valence-electron chi connectivity index (χ4n) is 1.96. The average molecular weight is 217 g/mol. The molecule has 1 saturated carbocycles. The lowest BCUT2D eigenvalue weighted by Gasteiger charge is -2.16. The highest BCUT2D eigenvalue weighted by atomic mass is 16.4. The molecule has 15 heavy (non-hydrogen) atoms. The average Bonchev–Trinajstić information content (AvgIpc) is 2.50. The van der Waals surface area contributed by atoms with Gasteiger partial charge in [-0.15, -0.1) is 0 Å². The van der Waals surface area contributed by atoms with Crippen molar-refractivity contribution in [1.29, 1.82) is 0 Å². The quantitative estimate of drug-likeness (QED) is 0.485. The van der Waals surface area contributed by atoms with Gasteiger partial charge in [-0.25, -0.2) is 0 Å². The molecule has 0 amide bonds. The molecule has 3 atom stereocenters. The molecule has 0 aliphatic heterocycles. The van der Waals surface area contributed by atoms with Crippen LogP contribution in [-0.4, -0.2) is 46.6 Å². The van der Waals surface area contributed by atoms with Crippen molar-refractivity contribution in [3.8, 4) is 0 Å². The van der Waals surface area contributed by atoms with E-state index in [-0.39, 0.29) is 25.0 Å². The van der Waals surface area contributed by atoms with Crippen molar-refractivity contribution in [3.63, 3.8) is 0 Å². The molecule has 1 aliphatic rings. The highest BCUT2D eigenvalue weighted by Crippen LogP contribution is 2.24. The third kappa shape index (κ3) is 4.59. The SMILES string of the molecule is O=C(O)CC(O)CNCC1CCCC1O. The molecule has 1 aliphatic carbocycles. The Hall–Kier alpha value is -0.650. The van der Waals surface area contributed by atoms with E-state index in [0.29, 0.717) is 6.54 Å². The van der Waals surface area contributed by atoms with Crippen molar-refractivity contribution in [2.75, 3.05) is 13.1 Å². The Bertz CT molecular complexity index is 210. The smallest absolute Gasteiger partial charge is 0.306 e. The Labute approximate surface area is 89.1 Å². The van der Waals surface area contributed by atoms with Crippen LogP contribution in [0.15, 0.2) is 0 Å². The van der Waals surface area contributed by atoms with Crippen molar-refractivity contribution >= 4 is 5.97 Å². The number of carboxylic acid groups (broad SMARTS) is 1. The molecule has 0 aromatic rings. The monoisotopic (exact) mass is 217 g/mol. The molecule has 4 N–H and O–H groups in total. The molecule has 88 valence electrons. The minimum Gasteiger partial charge on any atom is -0.481 e. The van der Waals surface area contributed by atoms with Crippen LogP contribution in [0.5, 0.6) is 0 Å². The van der Waals surface area contributed by atoms with Crippen molar-refractivity contribution < 1.29 is 20.1 Å². The Kier molecular flexibility index (Phi) is 5.01. The zero-order chi connectivity index (χ0) is 11.3. The lowest BCUT2D eigenvalue weighted by molar-refractivity contribution is -0.139. The summed E-state index contributed by atoms with van der Waals surface area (Å²) in [5.74, 6) is -0.743. The number of nitrogens with one attached hydrogen (secondary N) is 1. The summed E-state index contributed by atoms with van der Waals surface area (Å²) < 4.78 is 0. The van der Waals surface area contributed by atoms with Crippen molar-refractivity contribution in [1.82, 2.24) is 5.32 Å². The van der Waals surface area contributed by atoms with Gasteiger partial charge in [0.25, 0.3) is 0 Å². The van der Waals surface area contributed by atoms with E-state index in [0.717, 1.165) is 19.3 Å². The summed E-state index contributed by atoms with van der Waals surface area (Å²) in [6.45, 7) is 0.924. The number of hydrogen-bond donors (Lipinski definition) is 4. The van der Waals surface area contributed by atoms with E-state index in [2.05, 4.69) is 5.32 Å². The first-order valence-electron chi connectivity index (χ1n) is 5.38. The van der Waals surface area contributed by atoms with Crippen LogP contribution in [0.4, 0.5) is 0 Å². The predicted octanol–water partition coefficient (Wildman–Crippen LogP) is -0.427. The van der Waals surface area contributed by atoms with Gasteiger partial charge in [-0.3, -0.25) is 4.79 Å². The first kappa shape index (κ1) is 12.4. The zero-order valence-corrected chi connectivity index (χ0v) is 8.72. The van der Waals surface area contributed by atoms with Crippen LogP contribution in [0.25, 0.3) is 0 Å². The minimum atomic E-state index is -0.995. The molecule has 0 saturated heterocycles. The largest absolute Gasteiger partial charge is 0.481 e. The lowest BCUT2D eigenvalue weighted by Crippen LogP contribution is -2.34. The molecule has 0 aromatic heterocycles. The van der Waals surface area contributed by atoms with Gasteiger partial charge in [0.05, 0.1) is 18.6 Å². The van der Waals surface area contributed by atoms with Crippen LogP contribution in [0.2, 0.25) is 0 Å². The van der Waals surface area contributed by atoms with Crippen molar-refractivity contribution in [2.24, 2.45) is 5.92 Å². The molecule has 1 fully saturated rings. The van der Waals surface area contributed by atoms with Crippen LogP contribution in [-0.2, 0) is 4.79 Å². The summed E-state index contributed by atoms with van der Waals surface area (Å²) in [7, 11) is 0. The molecule has 0 radical (unpaired) electrons. The number of carboxylic acids is 1. The number of hydrogen-bond acceptors (Lipinski definition) is 4. The molecular formula is C10H19NO4. The Morgan fingerprint density at radius 2 is 2.20 bits per heavy atom. The molecule has 0 aromatic carbocycles. The second kappa shape index (κ2) is 6.05. The van der Waals surface area contributed by atoms with Crippen LogP contribution < -0.4 is 5.32 Å². The predicted molar refractivity (Wildman–Crippen MR) is 54.5 cm³/mol. The first-order chi connectivity index (χ1) is 7.09. The van der Waals surface area contributed by atoms with E-state index in [1.165, 1.54) is 0 Å². The summed E-state index contributed by atoms with van der Waals surface area (Å²) in [6, 6.07) is 0. The minimum absolute atomic E-state index is 0.236. The fraction of sp³-hybridized carbons (Fsp3) is 0.900. The van der Waals surface area contributed by atoms with Gasteiger partial charge < -0.3 is 20.6 Å². The van der Waals surface area contributed by atoms with Gasteiger partial charge >= 0.3 is 5.97 Å². The molecule has 0 spiro atoms. The topological polar surface area (TPSA) is 89.8 Å². The summed E-state index contributed by atoms with van der Waals surface area (Å²) >= 11 is 0. The second-order valence-corrected chi connectivity index (χ2v) is 4.17. The van der Waals surface area contributed by atoms with Crippen LogP contribution in [0.3, 0.4) is 0 Å². The van der Waals surface area contributed by atoms with E-state index < -0.39 is 12.1 Å². The Morgan fingerprint density at radius 3 is 2.73 bits per heavy atom. The Balaban J connectivity index is 2.07. The molecule has 1 rings (SSSR count).